The molecule has 0 radical (unpaired) electrons. The predicted molar refractivity (Wildman–Crippen MR) is 163 cm³/mol. The molecule has 3 N–H and O–H groups in total. The number of nitrogens with zero attached hydrogens (tertiary/aromatic N) is 2. The molecule has 2 aliphatic carbocycles. The van der Waals surface area contributed by atoms with Gasteiger partial charge in [-0.3, -0.25) is 4.79 Å². The summed E-state index contributed by atoms with van der Waals surface area (Å²) in [6.07, 6.45) is 7.96. The molecule has 2 aromatic rings. The third-order valence-electron chi connectivity index (χ3n) is 9.33. The number of nitrogens with two attached hydrogens (primary N) is 1. The van der Waals surface area contributed by atoms with Crippen LogP contribution in [0.15, 0.2) is 65.3 Å². The van der Waals surface area contributed by atoms with Gasteiger partial charge in [0.2, 0.25) is 0 Å². The zero-order chi connectivity index (χ0) is 28.9. The Kier molecular flexibility index (Phi) is 9.40. The Morgan fingerprint density at radius 1 is 1.20 bits per heavy atom. The fourth-order valence-electron chi connectivity index (χ4n) is 7.19. The van der Waals surface area contributed by atoms with E-state index in [1.54, 1.807) is 0 Å². The number of hydrogen-bond donors (Lipinski definition) is 2. The summed E-state index contributed by atoms with van der Waals surface area (Å²) in [5.41, 5.74) is 10.1. The fraction of sp³-hybridized carbons (Fsp3) is 0.529. The Balaban J connectivity index is 1.47. The summed E-state index contributed by atoms with van der Waals surface area (Å²) in [5, 5.41) is 11.8. The second-order valence-electron chi connectivity index (χ2n) is 11.9. The summed E-state index contributed by atoms with van der Waals surface area (Å²) < 4.78 is 5.99. The van der Waals surface area contributed by atoms with Crippen molar-refractivity contribution in [2.24, 2.45) is 16.6 Å². The third-order valence-corrected chi connectivity index (χ3v) is 9.33. The number of hydrogen-bond acceptors (Lipinski definition) is 4. The zero-order valence-corrected chi connectivity index (χ0v) is 25.0. The highest BCUT2D eigenvalue weighted by Crippen LogP contribution is 2.58. The van der Waals surface area contributed by atoms with Crippen LogP contribution in [-0.2, 0) is 16.6 Å². The molecule has 1 fully saturated rings. The highest BCUT2D eigenvalue weighted by molar-refractivity contribution is 5.95. The second-order valence-corrected chi connectivity index (χ2v) is 11.9. The van der Waals surface area contributed by atoms with E-state index in [1.807, 2.05) is 26.1 Å². The number of benzene rings is 2. The summed E-state index contributed by atoms with van der Waals surface area (Å²) in [7, 11) is 1.97. The van der Waals surface area contributed by atoms with Crippen LogP contribution in [0.3, 0.4) is 0 Å². The molecule has 6 nitrogen and oxygen atoms in total. The van der Waals surface area contributed by atoms with E-state index in [9.17, 15) is 9.90 Å². The van der Waals surface area contributed by atoms with Crippen LogP contribution in [0.1, 0.15) is 88.8 Å². The van der Waals surface area contributed by atoms with Crippen molar-refractivity contribution < 1.29 is 14.6 Å². The molecule has 4 atom stereocenters. The Morgan fingerprint density at radius 2 is 1.95 bits per heavy atom. The van der Waals surface area contributed by atoms with Gasteiger partial charge < -0.3 is 20.5 Å². The molecular formula is C34H47N3O3. The van der Waals surface area contributed by atoms with E-state index in [1.165, 1.54) is 16.7 Å². The van der Waals surface area contributed by atoms with Gasteiger partial charge in [-0.1, -0.05) is 56.3 Å². The van der Waals surface area contributed by atoms with Crippen molar-refractivity contribution in [1.29, 1.82) is 0 Å². The standard InChI is InChI=1S/C34H47N3O3/c1-6-12-27(37(5)8-3)21-32(38)36-31(35)22-40-28-17-18-29-25(19-28)15-16-26-20-30(24-13-10-9-11-14-24)33(4,39)23-34(26,29)7-2/h9-14,17-19,26,30,39H,6-8,15-16,20-23H2,1-5H3,(H2,35,36,38)/b27-12-/t26?,30?,33-,34?/m1/s1. The third kappa shape index (κ3) is 6.27. The first-order valence-electron chi connectivity index (χ1n) is 14.9. The molecule has 0 saturated heterocycles. The van der Waals surface area contributed by atoms with Crippen LogP contribution in [0.5, 0.6) is 5.75 Å². The number of amidine groups is 1. The molecule has 216 valence electrons. The van der Waals surface area contributed by atoms with Gasteiger partial charge in [-0.25, -0.2) is 0 Å². The number of rotatable bonds is 10. The van der Waals surface area contributed by atoms with Gasteiger partial charge in [-0.05, 0) is 87.1 Å². The molecule has 0 aromatic heterocycles. The van der Waals surface area contributed by atoms with Gasteiger partial charge in [-0.2, -0.15) is 4.99 Å². The predicted octanol–water partition coefficient (Wildman–Crippen LogP) is 6.12. The van der Waals surface area contributed by atoms with Crippen LogP contribution in [0, 0.1) is 5.92 Å². The van der Waals surface area contributed by atoms with Gasteiger partial charge in [0.05, 0.1) is 12.0 Å². The highest BCUT2D eigenvalue weighted by atomic mass is 16.5. The molecule has 0 heterocycles. The minimum atomic E-state index is -0.785. The lowest BCUT2D eigenvalue weighted by Crippen LogP contribution is -2.53. The average Bonchev–Trinajstić information content (AvgIpc) is 2.94. The van der Waals surface area contributed by atoms with Gasteiger partial charge in [0.1, 0.15) is 18.2 Å². The summed E-state index contributed by atoms with van der Waals surface area (Å²) in [4.78, 5) is 18.7. The van der Waals surface area contributed by atoms with Crippen molar-refractivity contribution in [1.82, 2.24) is 4.90 Å². The van der Waals surface area contributed by atoms with Crippen molar-refractivity contribution in [3.8, 4) is 5.75 Å². The van der Waals surface area contributed by atoms with Gasteiger partial charge in [0, 0.05) is 30.6 Å². The van der Waals surface area contributed by atoms with E-state index >= 15 is 0 Å². The fourth-order valence-corrected chi connectivity index (χ4v) is 7.19. The van der Waals surface area contributed by atoms with E-state index in [4.69, 9.17) is 10.5 Å². The molecule has 2 aliphatic rings. The first-order valence-corrected chi connectivity index (χ1v) is 14.9. The number of aliphatic hydroxyl groups is 1. The van der Waals surface area contributed by atoms with Gasteiger partial charge in [0.15, 0.2) is 0 Å². The molecule has 1 amide bonds. The minimum Gasteiger partial charge on any atom is -0.486 e. The van der Waals surface area contributed by atoms with Crippen LogP contribution < -0.4 is 10.5 Å². The smallest absolute Gasteiger partial charge is 0.253 e. The lowest BCUT2D eigenvalue weighted by atomic mass is 9.50. The Hall–Kier alpha value is -3.12. The van der Waals surface area contributed by atoms with E-state index in [0.717, 1.165) is 56.5 Å². The minimum absolute atomic E-state index is 0.0524. The summed E-state index contributed by atoms with van der Waals surface area (Å²) in [6.45, 7) is 9.28. The number of amides is 1. The molecule has 1 saturated carbocycles. The molecule has 4 rings (SSSR count). The average molecular weight is 546 g/mol. The maximum absolute atomic E-state index is 12.5. The number of carbonyl (C=O) groups is 1. The second kappa shape index (κ2) is 12.6. The molecule has 40 heavy (non-hydrogen) atoms. The molecule has 6 heteroatoms. The monoisotopic (exact) mass is 545 g/mol. The van der Waals surface area contributed by atoms with Crippen LogP contribution in [0.25, 0.3) is 0 Å². The van der Waals surface area contributed by atoms with Crippen LogP contribution in [-0.4, -0.2) is 47.5 Å². The maximum atomic E-state index is 12.5. The Labute approximate surface area is 240 Å². The number of aliphatic imine (C=N–C) groups is 1. The van der Waals surface area contributed by atoms with Crippen molar-refractivity contribution in [2.75, 3.05) is 20.2 Å². The number of aryl methyl sites for hydroxylation is 1. The van der Waals surface area contributed by atoms with Crippen molar-refractivity contribution in [3.63, 3.8) is 0 Å². The number of ether oxygens (including phenoxy) is 1. The molecule has 0 bridgehead atoms. The quantitative estimate of drug-likeness (QED) is 0.277. The van der Waals surface area contributed by atoms with Crippen LogP contribution >= 0.6 is 0 Å². The van der Waals surface area contributed by atoms with Gasteiger partial charge >= 0.3 is 0 Å². The SMILES string of the molecule is CC/C=C(/CC(=O)N=C(N)COc1ccc2c(c1)CCC1CC(c3ccccc3)[C@](C)(O)CC21CC)N(C)CC. The first-order chi connectivity index (χ1) is 19.1. The first kappa shape index (κ1) is 29.9. The molecular weight excluding hydrogens is 498 g/mol. The lowest BCUT2D eigenvalue weighted by Gasteiger charge is -2.56. The maximum Gasteiger partial charge on any atom is 0.253 e. The molecule has 0 spiro atoms. The molecule has 2 aromatic carbocycles. The lowest BCUT2D eigenvalue weighted by molar-refractivity contribution is -0.117. The van der Waals surface area contributed by atoms with Crippen LogP contribution in [0.4, 0.5) is 0 Å². The topological polar surface area (TPSA) is 88.2 Å². The van der Waals surface area contributed by atoms with Crippen molar-refractivity contribution in [3.05, 3.63) is 77.0 Å². The Bertz CT molecular complexity index is 1240. The zero-order valence-electron chi connectivity index (χ0n) is 25.0. The van der Waals surface area contributed by atoms with E-state index < -0.39 is 5.60 Å². The van der Waals surface area contributed by atoms with Crippen molar-refractivity contribution in [2.45, 2.75) is 89.6 Å². The van der Waals surface area contributed by atoms with E-state index in [-0.39, 0.29) is 36.1 Å². The normalized spacial score (nSPS) is 26.6. The molecule has 0 aliphatic heterocycles. The largest absolute Gasteiger partial charge is 0.486 e. The van der Waals surface area contributed by atoms with Crippen LogP contribution in [0.2, 0.25) is 0 Å². The summed E-state index contributed by atoms with van der Waals surface area (Å²) in [5.74, 6) is 1.31. The summed E-state index contributed by atoms with van der Waals surface area (Å²) >= 11 is 0. The highest BCUT2D eigenvalue weighted by Gasteiger charge is 2.54. The summed E-state index contributed by atoms with van der Waals surface area (Å²) in [6, 6.07) is 16.8. The number of fused-ring (bicyclic) bond motifs is 3. The van der Waals surface area contributed by atoms with E-state index in [2.05, 4.69) is 73.1 Å². The van der Waals surface area contributed by atoms with E-state index in [0.29, 0.717) is 5.92 Å². The Morgan fingerprint density at radius 3 is 2.62 bits per heavy atom. The molecule has 3 unspecified atom stereocenters. The number of allylic oxidation sites excluding steroid dienone is 1. The van der Waals surface area contributed by atoms with Crippen molar-refractivity contribution >= 4 is 11.7 Å². The van der Waals surface area contributed by atoms with Gasteiger partial charge in [-0.15, -0.1) is 0 Å². The van der Waals surface area contributed by atoms with Gasteiger partial charge in [0.25, 0.3) is 5.91 Å². The number of carbonyl (C=O) groups excluding carboxylic acids is 1.